The lowest BCUT2D eigenvalue weighted by atomic mass is 9.86. The Hall–Kier alpha value is -2.34. The molecule has 27 heavy (non-hydrogen) atoms. The molecule has 2 atom stereocenters. The molecule has 0 spiro atoms. The Morgan fingerprint density at radius 1 is 1.00 bits per heavy atom. The molecule has 0 saturated heterocycles. The molecule has 3 rings (SSSR count). The summed E-state index contributed by atoms with van der Waals surface area (Å²) < 4.78 is 26.8. The summed E-state index contributed by atoms with van der Waals surface area (Å²) in [5, 5.41) is 3.09. The van der Waals surface area contributed by atoms with E-state index in [1.54, 1.807) is 36.4 Å². The maximum Gasteiger partial charge on any atom is 0.264 e. The maximum absolute atomic E-state index is 12.8. The van der Waals surface area contributed by atoms with Crippen LogP contribution >= 0.6 is 0 Å². The highest BCUT2D eigenvalue weighted by Crippen LogP contribution is 2.25. The van der Waals surface area contributed by atoms with Crippen LogP contribution in [0.15, 0.2) is 59.5 Å². The van der Waals surface area contributed by atoms with Crippen LogP contribution in [0, 0.1) is 5.92 Å². The number of sulfonamides is 1. The van der Waals surface area contributed by atoms with E-state index in [0.29, 0.717) is 17.2 Å². The van der Waals surface area contributed by atoms with Crippen LogP contribution in [0.5, 0.6) is 0 Å². The van der Waals surface area contributed by atoms with Crippen molar-refractivity contribution in [3.63, 3.8) is 0 Å². The second kappa shape index (κ2) is 8.13. The Kier molecular flexibility index (Phi) is 5.85. The first kappa shape index (κ1) is 19.4. The van der Waals surface area contributed by atoms with Gasteiger partial charge < -0.3 is 5.32 Å². The molecule has 1 aliphatic carbocycles. The minimum Gasteiger partial charge on any atom is -0.349 e. The summed E-state index contributed by atoms with van der Waals surface area (Å²) in [5.74, 6) is 0.330. The third-order valence-electron chi connectivity index (χ3n) is 5.32. The molecule has 2 unspecified atom stereocenters. The average molecular weight is 387 g/mol. The summed E-state index contributed by atoms with van der Waals surface area (Å²) in [4.78, 5) is 12.7. The summed E-state index contributed by atoms with van der Waals surface area (Å²) in [6.07, 6.45) is 4.49. The van der Waals surface area contributed by atoms with E-state index < -0.39 is 10.0 Å². The monoisotopic (exact) mass is 386 g/mol. The van der Waals surface area contributed by atoms with Crippen LogP contribution < -0.4 is 9.62 Å². The number of nitrogens with one attached hydrogen (secondary N) is 1. The Morgan fingerprint density at radius 2 is 1.63 bits per heavy atom. The van der Waals surface area contributed by atoms with Crippen molar-refractivity contribution >= 4 is 21.6 Å². The lowest BCUT2D eigenvalue weighted by molar-refractivity contribution is 0.0910. The lowest BCUT2D eigenvalue weighted by Crippen LogP contribution is -2.41. The van der Waals surface area contributed by atoms with Gasteiger partial charge in [-0.15, -0.1) is 0 Å². The molecule has 0 aliphatic heterocycles. The number of para-hydroxylation sites is 1. The molecule has 1 amide bonds. The highest BCUT2D eigenvalue weighted by Gasteiger charge is 2.24. The predicted molar refractivity (Wildman–Crippen MR) is 107 cm³/mol. The summed E-state index contributed by atoms with van der Waals surface area (Å²) >= 11 is 0. The van der Waals surface area contributed by atoms with Crippen LogP contribution in [-0.4, -0.2) is 27.4 Å². The highest BCUT2D eigenvalue weighted by atomic mass is 32.2. The fraction of sp³-hybridized carbons (Fsp3) is 0.381. The summed E-state index contributed by atoms with van der Waals surface area (Å²) in [6.45, 7) is 2.17. The van der Waals surface area contributed by atoms with Crippen LogP contribution in [0.25, 0.3) is 0 Å². The number of nitrogens with zero attached hydrogens (tertiary/aromatic N) is 1. The molecule has 5 nitrogen and oxygen atoms in total. The Labute approximate surface area is 161 Å². The van der Waals surface area contributed by atoms with Crippen molar-refractivity contribution in [2.24, 2.45) is 5.92 Å². The molecule has 0 radical (unpaired) electrons. The number of anilines is 1. The summed E-state index contributed by atoms with van der Waals surface area (Å²) in [7, 11) is -2.15. The van der Waals surface area contributed by atoms with Crippen molar-refractivity contribution in [1.29, 1.82) is 0 Å². The molecule has 1 aliphatic rings. The van der Waals surface area contributed by atoms with Crippen molar-refractivity contribution in [1.82, 2.24) is 5.32 Å². The Bertz CT molecular complexity index is 879. The zero-order valence-corrected chi connectivity index (χ0v) is 16.6. The van der Waals surface area contributed by atoms with E-state index in [9.17, 15) is 13.2 Å². The maximum atomic E-state index is 12.8. The Balaban J connectivity index is 1.73. The minimum atomic E-state index is -3.67. The first-order valence-electron chi connectivity index (χ1n) is 9.34. The standard InChI is InChI=1S/C21H26N2O3S/c1-16-8-6-7-11-20(16)22-21(24)17-12-14-19(15-13-17)27(25,26)23(2)18-9-4-3-5-10-18/h3-5,9-10,12-16,20H,6-8,11H2,1-2H3,(H,22,24). The van der Waals surface area contributed by atoms with Crippen LogP contribution in [0.4, 0.5) is 5.69 Å². The fourth-order valence-corrected chi connectivity index (χ4v) is 4.69. The first-order valence-corrected chi connectivity index (χ1v) is 10.8. The van der Waals surface area contributed by atoms with Gasteiger partial charge in [-0.25, -0.2) is 8.42 Å². The van der Waals surface area contributed by atoms with Gasteiger partial charge in [0.1, 0.15) is 0 Å². The highest BCUT2D eigenvalue weighted by molar-refractivity contribution is 7.92. The van der Waals surface area contributed by atoms with Crippen molar-refractivity contribution < 1.29 is 13.2 Å². The van der Waals surface area contributed by atoms with Gasteiger partial charge in [0.25, 0.3) is 15.9 Å². The summed E-state index contributed by atoms with van der Waals surface area (Å²) in [6, 6.07) is 15.2. The van der Waals surface area contributed by atoms with Gasteiger partial charge in [-0.05, 0) is 55.2 Å². The van der Waals surface area contributed by atoms with Gasteiger partial charge in [0, 0.05) is 18.7 Å². The van der Waals surface area contributed by atoms with Gasteiger partial charge in [-0.3, -0.25) is 9.10 Å². The molecule has 0 aromatic heterocycles. The van der Waals surface area contributed by atoms with Crippen molar-refractivity contribution in [2.45, 2.75) is 43.5 Å². The van der Waals surface area contributed by atoms with Crippen molar-refractivity contribution in [3.05, 3.63) is 60.2 Å². The normalized spacial score (nSPS) is 20.1. The lowest BCUT2D eigenvalue weighted by Gasteiger charge is -2.29. The molecule has 144 valence electrons. The van der Waals surface area contributed by atoms with E-state index in [0.717, 1.165) is 19.3 Å². The second-order valence-electron chi connectivity index (χ2n) is 7.17. The molecule has 0 heterocycles. The number of amides is 1. The van der Waals surface area contributed by atoms with E-state index >= 15 is 0 Å². The number of carbonyl (C=O) groups excluding carboxylic acids is 1. The molecule has 2 aromatic rings. The fourth-order valence-electron chi connectivity index (χ4n) is 3.50. The molecular formula is C21H26N2O3S. The number of hydrogen-bond donors (Lipinski definition) is 1. The average Bonchev–Trinajstić information content (AvgIpc) is 2.70. The molecule has 2 aromatic carbocycles. The van der Waals surface area contributed by atoms with Crippen LogP contribution in [0.3, 0.4) is 0 Å². The zero-order valence-electron chi connectivity index (χ0n) is 15.8. The minimum absolute atomic E-state index is 0.144. The predicted octanol–water partition coefficient (Wildman–Crippen LogP) is 3.82. The van der Waals surface area contributed by atoms with Gasteiger partial charge in [-0.2, -0.15) is 0 Å². The molecule has 1 fully saturated rings. The number of rotatable bonds is 5. The van der Waals surface area contributed by atoms with Gasteiger partial charge in [-0.1, -0.05) is 38.0 Å². The van der Waals surface area contributed by atoms with Gasteiger partial charge >= 0.3 is 0 Å². The van der Waals surface area contributed by atoms with E-state index in [4.69, 9.17) is 0 Å². The van der Waals surface area contributed by atoms with E-state index in [1.165, 1.54) is 29.9 Å². The van der Waals surface area contributed by atoms with Crippen LogP contribution in [-0.2, 0) is 10.0 Å². The third kappa shape index (κ3) is 4.33. The van der Waals surface area contributed by atoms with Gasteiger partial charge in [0.15, 0.2) is 0 Å². The molecule has 1 saturated carbocycles. The third-order valence-corrected chi connectivity index (χ3v) is 7.12. The summed E-state index contributed by atoms with van der Waals surface area (Å²) in [5.41, 5.74) is 1.07. The molecule has 0 bridgehead atoms. The van der Waals surface area contributed by atoms with Gasteiger partial charge in [0.05, 0.1) is 10.6 Å². The largest absolute Gasteiger partial charge is 0.349 e. The van der Waals surface area contributed by atoms with Crippen LogP contribution in [0.1, 0.15) is 43.0 Å². The smallest absolute Gasteiger partial charge is 0.264 e. The number of benzene rings is 2. The van der Waals surface area contributed by atoms with E-state index in [-0.39, 0.29) is 16.8 Å². The van der Waals surface area contributed by atoms with Crippen LogP contribution in [0.2, 0.25) is 0 Å². The molecule has 1 N–H and O–H groups in total. The van der Waals surface area contributed by atoms with Crippen molar-refractivity contribution in [3.8, 4) is 0 Å². The Morgan fingerprint density at radius 3 is 2.26 bits per heavy atom. The topological polar surface area (TPSA) is 66.5 Å². The van der Waals surface area contributed by atoms with E-state index in [1.807, 2.05) is 6.07 Å². The first-order chi connectivity index (χ1) is 12.9. The zero-order chi connectivity index (χ0) is 19.4. The molecular weight excluding hydrogens is 360 g/mol. The number of carbonyl (C=O) groups is 1. The molecule has 6 heteroatoms. The SMILES string of the molecule is CC1CCCCC1NC(=O)c1ccc(S(=O)(=O)N(C)c2ccccc2)cc1. The van der Waals surface area contributed by atoms with E-state index in [2.05, 4.69) is 12.2 Å². The van der Waals surface area contributed by atoms with Gasteiger partial charge in [0.2, 0.25) is 0 Å². The second-order valence-corrected chi connectivity index (χ2v) is 9.14. The number of hydrogen-bond acceptors (Lipinski definition) is 3. The van der Waals surface area contributed by atoms with Crippen molar-refractivity contribution in [2.75, 3.05) is 11.4 Å². The quantitative estimate of drug-likeness (QED) is 0.849.